The van der Waals surface area contributed by atoms with Gasteiger partial charge >= 0.3 is 0 Å². The van der Waals surface area contributed by atoms with E-state index in [1.807, 2.05) is 0 Å². The number of rotatable bonds is 5. The van der Waals surface area contributed by atoms with E-state index < -0.39 is 6.10 Å². The molecule has 0 saturated heterocycles. The quantitative estimate of drug-likeness (QED) is 0.704. The Morgan fingerprint density at radius 1 is 1.36 bits per heavy atom. The van der Waals surface area contributed by atoms with E-state index in [9.17, 15) is 5.11 Å². The Balaban J connectivity index is 2.02. The summed E-state index contributed by atoms with van der Waals surface area (Å²) in [5.41, 5.74) is 5.30. The molecule has 0 aromatic carbocycles. The van der Waals surface area contributed by atoms with Crippen molar-refractivity contribution in [2.75, 3.05) is 13.2 Å². The van der Waals surface area contributed by atoms with Gasteiger partial charge in [0.05, 0.1) is 12.2 Å². The van der Waals surface area contributed by atoms with E-state index in [0.717, 1.165) is 5.92 Å². The summed E-state index contributed by atoms with van der Waals surface area (Å²) in [6, 6.07) is 0. The molecule has 0 heterocycles. The number of nitrogens with two attached hydrogens (primary N) is 1. The number of aliphatic hydroxyl groups excluding tert-OH is 1. The van der Waals surface area contributed by atoms with Crippen LogP contribution in [-0.4, -0.2) is 30.5 Å². The van der Waals surface area contributed by atoms with Crippen molar-refractivity contribution < 1.29 is 9.84 Å². The smallest absolute Gasteiger partial charge is 0.0684 e. The lowest BCUT2D eigenvalue weighted by atomic mass is 9.89. The van der Waals surface area contributed by atoms with Gasteiger partial charge in [0.15, 0.2) is 0 Å². The molecule has 0 aromatic heterocycles. The van der Waals surface area contributed by atoms with Gasteiger partial charge in [-0.1, -0.05) is 6.92 Å². The van der Waals surface area contributed by atoms with Gasteiger partial charge in [0.25, 0.3) is 0 Å². The van der Waals surface area contributed by atoms with Crippen LogP contribution in [0.2, 0.25) is 0 Å². The van der Waals surface area contributed by atoms with Crippen molar-refractivity contribution in [2.45, 2.75) is 51.2 Å². The highest BCUT2D eigenvalue weighted by Gasteiger charge is 2.18. The summed E-state index contributed by atoms with van der Waals surface area (Å²) < 4.78 is 5.69. The van der Waals surface area contributed by atoms with E-state index in [-0.39, 0.29) is 0 Å². The standard InChI is InChI=1S/C11H23NO2/c1-9-2-4-11(5-3-9)14-7-6-10(13)8-12/h9-11,13H,2-8,12H2,1H3. The monoisotopic (exact) mass is 201 g/mol. The van der Waals surface area contributed by atoms with Gasteiger partial charge in [-0.15, -0.1) is 0 Å². The zero-order chi connectivity index (χ0) is 10.4. The van der Waals surface area contributed by atoms with E-state index in [2.05, 4.69) is 6.92 Å². The van der Waals surface area contributed by atoms with Crippen molar-refractivity contribution >= 4 is 0 Å². The summed E-state index contributed by atoms with van der Waals surface area (Å²) in [4.78, 5) is 0. The van der Waals surface area contributed by atoms with Crippen LogP contribution < -0.4 is 5.73 Å². The third-order valence-electron chi connectivity index (χ3n) is 3.04. The van der Waals surface area contributed by atoms with Crippen LogP contribution in [0.1, 0.15) is 39.0 Å². The molecule has 3 heteroatoms. The summed E-state index contributed by atoms with van der Waals surface area (Å²) in [6.07, 6.45) is 5.63. The molecule has 84 valence electrons. The van der Waals surface area contributed by atoms with Crippen LogP contribution in [0, 0.1) is 5.92 Å². The predicted molar refractivity (Wildman–Crippen MR) is 57.1 cm³/mol. The molecule has 0 spiro atoms. The van der Waals surface area contributed by atoms with Crippen LogP contribution in [0.25, 0.3) is 0 Å². The van der Waals surface area contributed by atoms with Crippen molar-refractivity contribution in [2.24, 2.45) is 11.7 Å². The summed E-state index contributed by atoms with van der Waals surface area (Å²) in [5.74, 6) is 0.865. The highest BCUT2D eigenvalue weighted by molar-refractivity contribution is 4.70. The fourth-order valence-electron chi connectivity index (χ4n) is 1.88. The van der Waals surface area contributed by atoms with Crippen LogP contribution in [0.15, 0.2) is 0 Å². The normalized spacial score (nSPS) is 30.2. The van der Waals surface area contributed by atoms with Crippen LogP contribution >= 0.6 is 0 Å². The topological polar surface area (TPSA) is 55.5 Å². The molecule has 1 atom stereocenters. The molecule has 3 nitrogen and oxygen atoms in total. The number of aliphatic hydroxyl groups is 1. The van der Waals surface area contributed by atoms with Gasteiger partial charge in [-0.2, -0.15) is 0 Å². The van der Waals surface area contributed by atoms with Gasteiger partial charge in [-0.3, -0.25) is 0 Å². The Hall–Kier alpha value is -0.120. The molecule has 1 unspecified atom stereocenters. The van der Waals surface area contributed by atoms with Gasteiger partial charge in [0.1, 0.15) is 0 Å². The first-order valence-corrected chi connectivity index (χ1v) is 5.72. The van der Waals surface area contributed by atoms with E-state index in [4.69, 9.17) is 10.5 Å². The maximum Gasteiger partial charge on any atom is 0.0684 e. The fraction of sp³-hybridized carbons (Fsp3) is 1.00. The minimum absolute atomic E-state index is 0.338. The predicted octanol–water partition coefficient (Wildman–Crippen LogP) is 1.29. The van der Waals surface area contributed by atoms with Crippen molar-refractivity contribution in [1.82, 2.24) is 0 Å². The molecule has 1 saturated carbocycles. The molecular formula is C11H23NO2. The second-order valence-electron chi connectivity index (χ2n) is 4.43. The first-order valence-electron chi connectivity index (χ1n) is 5.72. The second kappa shape index (κ2) is 6.38. The molecule has 0 bridgehead atoms. The lowest BCUT2D eigenvalue weighted by molar-refractivity contribution is 0.00382. The Morgan fingerprint density at radius 2 is 2.00 bits per heavy atom. The Bertz CT molecular complexity index is 144. The lowest BCUT2D eigenvalue weighted by Crippen LogP contribution is -2.25. The minimum atomic E-state index is -0.391. The molecule has 0 radical (unpaired) electrons. The average Bonchev–Trinajstić information content (AvgIpc) is 2.21. The largest absolute Gasteiger partial charge is 0.392 e. The van der Waals surface area contributed by atoms with Crippen LogP contribution in [0.3, 0.4) is 0 Å². The van der Waals surface area contributed by atoms with Crippen molar-refractivity contribution in [3.05, 3.63) is 0 Å². The second-order valence-corrected chi connectivity index (χ2v) is 4.43. The highest BCUT2D eigenvalue weighted by atomic mass is 16.5. The van der Waals surface area contributed by atoms with Crippen molar-refractivity contribution in [3.63, 3.8) is 0 Å². The maximum atomic E-state index is 9.22. The molecule has 0 aromatic rings. The van der Waals surface area contributed by atoms with Crippen LogP contribution in [0.5, 0.6) is 0 Å². The number of hydrogen-bond acceptors (Lipinski definition) is 3. The fourth-order valence-corrected chi connectivity index (χ4v) is 1.88. The first-order chi connectivity index (χ1) is 6.72. The molecule has 1 aliphatic rings. The van der Waals surface area contributed by atoms with Crippen molar-refractivity contribution in [1.29, 1.82) is 0 Å². The van der Waals surface area contributed by atoms with Gasteiger partial charge in [0.2, 0.25) is 0 Å². The number of hydrogen-bond donors (Lipinski definition) is 2. The van der Waals surface area contributed by atoms with E-state index in [1.54, 1.807) is 0 Å². The number of ether oxygens (including phenoxy) is 1. The zero-order valence-corrected chi connectivity index (χ0v) is 9.11. The van der Waals surface area contributed by atoms with E-state index >= 15 is 0 Å². The lowest BCUT2D eigenvalue weighted by Gasteiger charge is -2.26. The molecule has 3 N–H and O–H groups in total. The van der Waals surface area contributed by atoms with Crippen LogP contribution in [0.4, 0.5) is 0 Å². The maximum absolute atomic E-state index is 9.22. The highest BCUT2D eigenvalue weighted by Crippen LogP contribution is 2.25. The SMILES string of the molecule is CC1CCC(OCCC(O)CN)CC1. The summed E-state index contributed by atoms with van der Waals surface area (Å²) in [5, 5.41) is 9.22. The third-order valence-corrected chi connectivity index (χ3v) is 3.04. The molecule has 1 aliphatic carbocycles. The van der Waals surface area contributed by atoms with Crippen molar-refractivity contribution in [3.8, 4) is 0 Å². The van der Waals surface area contributed by atoms with E-state index in [0.29, 0.717) is 25.7 Å². The summed E-state index contributed by atoms with van der Waals surface area (Å²) in [7, 11) is 0. The first kappa shape index (κ1) is 12.0. The van der Waals surface area contributed by atoms with Gasteiger partial charge in [-0.05, 0) is 38.0 Å². The molecular weight excluding hydrogens is 178 g/mol. The minimum Gasteiger partial charge on any atom is -0.392 e. The summed E-state index contributed by atoms with van der Waals surface area (Å²) in [6.45, 7) is 3.29. The average molecular weight is 201 g/mol. The van der Waals surface area contributed by atoms with Crippen LogP contribution in [-0.2, 0) is 4.74 Å². The Labute approximate surface area is 86.6 Å². The molecule has 1 rings (SSSR count). The molecule has 14 heavy (non-hydrogen) atoms. The third kappa shape index (κ3) is 4.40. The summed E-state index contributed by atoms with van der Waals surface area (Å²) >= 11 is 0. The van der Waals surface area contributed by atoms with E-state index in [1.165, 1.54) is 25.7 Å². The molecule has 1 fully saturated rings. The zero-order valence-electron chi connectivity index (χ0n) is 9.11. The van der Waals surface area contributed by atoms with Gasteiger partial charge < -0.3 is 15.6 Å². The van der Waals surface area contributed by atoms with Gasteiger partial charge in [-0.25, -0.2) is 0 Å². The molecule has 0 amide bonds. The van der Waals surface area contributed by atoms with Gasteiger partial charge in [0, 0.05) is 13.2 Å². The Kier molecular flexibility index (Phi) is 5.45. The molecule has 0 aliphatic heterocycles. The Morgan fingerprint density at radius 3 is 2.57 bits per heavy atom.